The zero-order valence-electron chi connectivity index (χ0n) is 24.0. The van der Waals surface area contributed by atoms with Gasteiger partial charge in [0.1, 0.15) is 23.0 Å². The first kappa shape index (κ1) is 25.7. The number of ether oxygens (including phenoxy) is 4. The molecule has 206 valence electrons. The second-order valence-corrected chi connectivity index (χ2v) is 10.4. The zero-order valence-corrected chi connectivity index (χ0v) is 24.0. The lowest BCUT2D eigenvalue weighted by molar-refractivity contribution is 0.394. The molecular formula is C38H30O4. The molecule has 0 spiro atoms. The second-order valence-electron chi connectivity index (χ2n) is 10.4. The van der Waals surface area contributed by atoms with Crippen LogP contribution in [0, 0.1) is 0 Å². The van der Waals surface area contributed by atoms with Gasteiger partial charge in [-0.1, -0.05) is 48.5 Å². The van der Waals surface area contributed by atoms with Crippen molar-refractivity contribution in [1.82, 2.24) is 0 Å². The summed E-state index contributed by atoms with van der Waals surface area (Å²) in [7, 11) is 6.76. The van der Waals surface area contributed by atoms with Crippen molar-refractivity contribution in [3.63, 3.8) is 0 Å². The Morgan fingerprint density at radius 1 is 0.333 bits per heavy atom. The Labute approximate surface area is 244 Å². The van der Waals surface area contributed by atoms with Crippen LogP contribution in [0.3, 0.4) is 0 Å². The van der Waals surface area contributed by atoms with Crippen molar-refractivity contribution in [2.45, 2.75) is 0 Å². The van der Waals surface area contributed by atoms with Gasteiger partial charge in [-0.05, 0) is 114 Å². The van der Waals surface area contributed by atoms with Crippen molar-refractivity contribution < 1.29 is 18.9 Å². The fraction of sp³-hybridized carbons (Fsp3) is 0.105. The first-order valence-corrected chi connectivity index (χ1v) is 13.9. The average Bonchev–Trinajstić information content (AvgIpc) is 3.04. The predicted molar refractivity (Wildman–Crippen MR) is 174 cm³/mol. The number of methoxy groups -OCH3 is 4. The molecular weight excluding hydrogens is 520 g/mol. The number of hydrogen-bond acceptors (Lipinski definition) is 4. The highest BCUT2D eigenvalue weighted by atomic mass is 16.5. The average molecular weight is 551 g/mol. The minimum atomic E-state index is 0.744. The molecule has 0 aliphatic heterocycles. The minimum Gasteiger partial charge on any atom is -0.497 e. The third-order valence-corrected chi connectivity index (χ3v) is 8.13. The predicted octanol–water partition coefficient (Wildman–Crippen LogP) is 9.67. The van der Waals surface area contributed by atoms with E-state index in [0.717, 1.165) is 66.8 Å². The Kier molecular flexibility index (Phi) is 6.32. The van der Waals surface area contributed by atoms with Gasteiger partial charge in [-0.3, -0.25) is 0 Å². The van der Waals surface area contributed by atoms with Crippen molar-refractivity contribution >= 4 is 43.1 Å². The van der Waals surface area contributed by atoms with E-state index in [0.29, 0.717) is 0 Å². The fourth-order valence-electron chi connectivity index (χ4n) is 6.12. The number of benzene rings is 7. The number of fused-ring (bicyclic) bond motifs is 4. The molecule has 0 N–H and O–H groups in total. The van der Waals surface area contributed by atoms with Crippen LogP contribution in [-0.2, 0) is 0 Å². The lowest BCUT2D eigenvalue weighted by atomic mass is 9.83. The molecule has 4 nitrogen and oxygen atoms in total. The maximum absolute atomic E-state index is 5.72. The molecule has 0 radical (unpaired) electrons. The standard InChI is InChI=1S/C38H30O4/c1-39-29-13-27(14-30(21-29)40-2)37-33-17-23-9-5-7-11-25(23)19-35(33)38(28-15-31(41-3)22-32(16-28)42-4)36-20-26-12-8-6-10-24(26)18-34(36)37/h5-22H,1-4H3. The lowest BCUT2D eigenvalue weighted by Gasteiger charge is -2.20. The van der Waals surface area contributed by atoms with E-state index in [1.54, 1.807) is 28.4 Å². The molecule has 0 amide bonds. The summed E-state index contributed by atoms with van der Waals surface area (Å²) in [4.78, 5) is 0. The van der Waals surface area contributed by atoms with E-state index in [1.165, 1.54) is 21.5 Å². The Balaban J connectivity index is 1.75. The van der Waals surface area contributed by atoms with Gasteiger partial charge in [-0.25, -0.2) is 0 Å². The van der Waals surface area contributed by atoms with Crippen LogP contribution in [0.2, 0.25) is 0 Å². The number of hydrogen-bond donors (Lipinski definition) is 0. The molecule has 0 heterocycles. The summed E-state index contributed by atoms with van der Waals surface area (Å²) in [6.45, 7) is 0. The van der Waals surface area contributed by atoms with Gasteiger partial charge < -0.3 is 18.9 Å². The molecule has 4 heteroatoms. The van der Waals surface area contributed by atoms with E-state index in [4.69, 9.17) is 18.9 Å². The van der Waals surface area contributed by atoms with Gasteiger partial charge in [0.2, 0.25) is 0 Å². The highest BCUT2D eigenvalue weighted by Crippen LogP contribution is 2.48. The molecule has 0 fully saturated rings. The SMILES string of the molecule is COc1cc(OC)cc(-c2c3cc4ccccc4cc3c(-c3cc(OC)cc(OC)c3)c3cc4ccccc4cc23)c1. The Morgan fingerprint density at radius 2 is 0.595 bits per heavy atom. The largest absolute Gasteiger partial charge is 0.497 e. The summed E-state index contributed by atoms with van der Waals surface area (Å²) in [5.41, 5.74) is 4.32. The van der Waals surface area contributed by atoms with Crippen LogP contribution in [0.25, 0.3) is 65.3 Å². The third-order valence-electron chi connectivity index (χ3n) is 8.13. The molecule has 0 atom stereocenters. The molecule has 0 bridgehead atoms. The molecule has 0 saturated carbocycles. The van der Waals surface area contributed by atoms with E-state index in [-0.39, 0.29) is 0 Å². The van der Waals surface area contributed by atoms with E-state index in [9.17, 15) is 0 Å². The molecule has 7 aromatic carbocycles. The fourth-order valence-corrected chi connectivity index (χ4v) is 6.12. The van der Waals surface area contributed by atoms with Crippen molar-refractivity contribution in [3.05, 3.63) is 109 Å². The summed E-state index contributed by atoms with van der Waals surface area (Å²) in [5, 5.41) is 9.27. The minimum absolute atomic E-state index is 0.744. The summed E-state index contributed by atoms with van der Waals surface area (Å²) >= 11 is 0. The highest BCUT2D eigenvalue weighted by molar-refractivity contribution is 6.25. The molecule has 42 heavy (non-hydrogen) atoms. The van der Waals surface area contributed by atoms with Gasteiger partial charge in [-0.2, -0.15) is 0 Å². The van der Waals surface area contributed by atoms with Crippen LogP contribution in [0.5, 0.6) is 23.0 Å². The van der Waals surface area contributed by atoms with Crippen LogP contribution >= 0.6 is 0 Å². The highest BCUT2D eigenvalue weighted by Gasteiger charge is 2.20. The summed E-state index contributed by atoms with van der Waals surface area (Å²) in [5.74, 6) is 2.98. The van der Waals surface area contributed by atoms with Gasteiger partial charge >= 0.3 is 0 Å². The van der Waals surface area contributed by atoms with Gasteiger partial charge in [-0.15, -0.1) is 0 Å². The molecule has 0 aliphatic rings. The maximum atomic E-state index is 5.72. The third kappa shape index (κ3) is 4.24. The van der Waals surface area contributed by atoms with Crippen molar-refractivity contribution in [2.75, 3.05) is 28.4 Å². The van der Waals surface area contributed by atoms with Gasteiger partial charge in [0.05, 0.1) is 28.4 Å². The van der Waals surface area contributed by atoms with Crippen molar-refractivity contribution in [2.24, 2.45) is 0 Å². The molecule has 0 aromatic heterocycles. The van der Waals surface area contributed by atoms with Gasteiger partial charge in [0.15, 0.2) is 0 Å². The molecule has 0 aliphatic carbocycles. The van der Waals surface area contributed by atoms with Gasteiger partial charge in [0, 0.05) is 12.1 Å². The van der Waals surface area contributed by atoms with Crippen LogP contribution in [0.4, 0.5) is 0 Å². The lowest BCUT2D eigenvalue weighted by Crippen LogP contribution is -1.95. The monoisotopic (exact) mass is 550 g/mol. The maximum Gasteiger partial charge on any atom is 0.123 e. The van der Waals surface area contributed by atoms with E-state index in [2.05, 4.69) is 97.1 Å². The van der Waals surface area contributed by atoms with E-state index < -0.39 is 0 Å². The van der Waals surface area contributed by atoms with Crippen molar-refractivity contribution in [1.29, 1.82) is 0 Å². The molecule has 0 unspecified atom stereocenters. The topological polar surface area (TPSA) is 36.9 Å². The quantitative estimate of drug-likeness (QED) is 0.193. The number of rotatable bonds is 6. The van der Waals surface area contributed by atoms with E-state index in [1.807, 2.05) is 12.1 Å². The Morgan fingerprint density at radius 3 is 0.833 bits per heavy atom. The van der Waals surface area contributed by atoms with E-state index >= 15 is 0 Å². The molecule has 7 rings (SSSR count). The normalized spacial score (nSPS) is 11.3. The van der Waals surface area contributed by atoms with Crippen molar-refractivity contribution in [3.8, 4) is 45.3 Å². The van der Waals surface area contributed by atoms with Crippen LogP contribution in [0.1, 0.15) is 0 Å². The van der Waals surface area contributed by atoms with Crippen LogP contribution in [-0.4, -0.2) is 28.4 Å². The second kappa shape index (κ2) is 10.3. The summed E-state index contributed by atoms with van der Waals surface area (Å²) in [6.07, 6.45) is 0. The summed E-state index contributed by atoms with van der Waals surface area (Å²) < 4.78 is 22.9. The smallest absolute Gasteiger partial charge is 0.123 e. The molecule has 0 saturated heterocycles. The Hall–Kier alpha value is -5.22. The zero-order chi connectivity index (χ0) is 28.8. The first-order valence-electron chi connectivity index (χ1n) is 13.9. The Bertz CT molecular complexity index is 1850. The molecule has 7 aromatic rings. The van der Waals surface area contributed by atoms with Gasteiger partial charge in [0.25, 0.3) is 0 Å². The summed E-state index contributed by atoms with van der Waals surface area (Å²) in [6, 6.07) is 38.5. The van der Waals surface area contributed by atoms with Crippen LogP contribution in [0.15, 0.2) is 109 Å². The van der Waals surface area contributed by atoms with Crippen LogP contribution < -0.4 is 18.9 Å². The first-order chi connectivity index (χ1) is 20.6.